The molecule has 0 radical (unpaired) electrons. The first-order chi connectivity index (χ1) is 9.58. The molecule has 0 bridgehead atoms. The maximum Gasteiger partial charge on any atom is 0.299 e. The Kier molecular flexibility index (Phi) is 3.24. The van der Waals surface area contributed by atoms with Crippen LogP contribution < -0.4 is 9.80 Å². The number of fused-ring (bicyclic) bond motifs is 1. The highest BCUT2D eigenvalue weighted by Crippen LogP contribution is 2.33. The third-order valence-electron chi connectivity index (χ3n) is 4.47. The molecule has 1 atom stereocenters. The van der Waals surface area contributed by atoms with Crippen LogP contribution in [0.15, 0.2) is 18.2 Å². The summed E-state index contributed by atoms with van der Waals surface area (Å²) in [6, 6.07) is 5.75. The number of anilines is 2. The van der Waals surface area contributed by atoms with Gasteiger partial charge < -0.3 is 9.80 Å². The smallest absolute Gasteiger partial charge is 0.299 e. The Bertz CT molecular complexity index is 568. The summed E-state index contributed by atoms with van der Waals surface area (Å²) in [5, 5.41) is 0. The lowest BCUT2D eigenvalue weighted by Gasteiger charge is -2.24. The molecule has 0 spiro atoms. The number of amides is 1. The van der Waals surface area contributed by atoms with E-state index in [0.29, 0.717) is 5.56 Å². The molecule has 1 saturated heterocycles. The lowest BCUT2D eigenvalue weighted by molar-refractivity contribution is -0.114. The third-order valence-corrected chi connectivity index (χ3v) is 4.47. The molecule has 0 saturated carbocycles. The fourth-order valence-electron chi connectivity index (χ4n) is 3.08. The summed E-state index contributed by atoms with van der Waals surface area (Å²) in [6.45, 7) is 4.40. The van der Waals surface area contributed by atoms with Gasteiger partial charge in [0.25, 0.3) is 11.7 Å². The molecule has 0 N–H and O–H groups in total. The molecule has 2 aliphatic rings. The Labute approximate surface area is 119 Å². The zero-order valence-electron chi connectivity index (χ0n) is 12.1. The Balaban J connectivity index is 1.90. The van der Waals surface area contributed by atoms with Crippen molar-refractivity contribution < 1.29 is 9.59 Å². The average Bonchev–Trinajstić information content (AvgIpc) is 2.64. The predicted molar refractivity (Wildman–Crippen MR) is 79.4 cm³/mol. The van der Waals surface area contributed by atoms with E-state index < -0.39 is 11.7 Å². The number of carbonyl (C=O) groups is 2. The van der Waals surface area contributed by atoms with Crippen LogP contribution in [0, 0.1) is 5.92 Å². The molecule has 4 heteroatoms. The molecule has 20 heavy (non-hydrogen) atoms. The number of nitrogens with zero attached hydrogens (tertiary/aromatic N) is 2. The largest absolute Gasteiger partial charge is 0.371 e. The molecule has 3 rings (SSSR count). The highest BCUT2D eigenvalue weighted by atomic mass is 16.2. The van der Waals surface area contributed by atoms with Gasteiger partial charge in [0.2, 0.25) is 0 Å². The molecule has 0 aromatic heterocycles. The van der Waals surface area contributed by atoms with Crippen molar-refractivity contribution in [3.05, 3.63) is 23.8 Å². The Morgan fingerprint density at radius 3 is 2.75 bits per heavy atom. The Morgan fingerprint density at radius 1 is 1.15 bits per heavy atom. The highest BCUT2D eigenvalue weighted by molar-refractivity contribution is 6.52. The minimum absolute atomic E-state index is 0.390. The van der Waals surface area contributed by atoms with E-state index in [1.54, 1.807) is 13.1 Å². The lowest BCUT2D eigenvalue weighted by atomic mass is 10.0. The molecular formula is C16H20N2O2. The molecule has 2 aliphatic heterocycles. The maximum atomic E-state index is 11.8. The summed E-state index contributed by atoms with van der Waals surface area (Å²) in [5.41, 5.74) is 2.39. The first-order valence-corrected chi connectivity index (χ1v) is 7.29. The van der Waals surface area contributed by atoms with Gasteiger partial charge in [-0.2, -0.15) is 0 Å². The molecular weight excluding hydrogens is 252 g/mol. The second kappa shape index (κ2) is 4.93. The minimum Gasteiger partial charge on any atom is -0.371 e. The second-order valence-electron chi connectivity index (χ2n) is 5.92. The van der Waals surface area contributed by atoms with Crippen molar-refractivity contribution in [2.24, 2.45) is 5.92 Å². The number of hydrogen-bond acceptors (Lipinski definition) is 3. The molecule has 1 fully saturated rings. The van der Waals surface area contributed by atoms with Crippen LogP contribution in [-0.2, 0) is 4.79 Å². The van der Waals surface area contributed by atoms with Crippen LogP contribution >= 0.6 is 0 Å². The van der Waals surface area contributed by atoms with E-state index in [9.17, 15) is 9.59 Å². The van der Waals surface area contributed by atoms with E-state index in [-0.39, 0.29) is 0 Å². The standard InChI is InChI=1S/C16H20N2O2/c1-11-4-3-8-18(9-7-11)12-5-6-13-14(10-12)17(2)16(20)15(13)19/h5-6,10-11H,3-4,7-9H2,1-2H3. The monoisotopic (exact) mass is 272 g/mol. The summed E-state index contributed by atoms with van der Waals surface area (Å²) < 4.78 is 0. The average molecular weight is 272 g/mol. The molecule has 1 unspecified atom stereocenters. The van der Waals surface area contributed by atoms with Gasteiger partial charge in [-0.3, -0.25) is 9.59 Å². The first kappa shape index (κ1) is 13.2. The van der Waals surface area contributed by atoms with Crippen molar-refractivity contribution in [3.8, 4) is 0 Å². The molecule has 4 nitrogen and oxygen atoms in total. The van der Waals surface area contributed by atoms with E-state index in [4.69, 9.17) is 0 Å². The van der Waals surface area contributed by atoms with Crippen LogP contribution in [0.5, 0.6) is 0 Å². The van der Waals surface area contributed by atoms with E-state index in [0.717, 1.165) is 30.4 Å². The van der Waals surface area contributed by atoms with Crippen molar-refractivity contribution in [1.29, 1.82) is 0 Å². The van der Waals surface area contributed by atoms with Gasteiger partial charge in [-0.1, -0.05) is 6.92 Å². The van der Waals surface area contributed by atoms with Crippen molar-refractivity contribution >= 4 is 23.1 Å². The summed E-state index contributed by atoms with van der Waals surface area (Å²) >= 11 is 0. The van der Waals surface area contributed by atoms with Crippen LogP contribution in [0.25, 0.3) is 0 Å². The van der Waals surface area contributed by atoms with E-state index in [1.807, 2.05) is 12.1 Å². The fourth-order valence-corrected chi connectivity index (χ4v) is 3.08. The number of carbonyl (C=O) groups excluding carboxylic acids is 2. The molecule has 106 valence electrons. The number of Topliss-reactive ketones (excluding diaryl/α,β-unsaturated/α-hetero) is 1. The van der Waals surface area contributed by atoms with Crippen LogP contribution in [0.3, 0.4) is 0 Å². The van der Waals surface area contributed by atoms with E-state index >= 15 is 0 Å². The normalized spacial score (nSPS) is 23.0. The van der Waals surface area contributed by atoms with Crippen LogP contribution in [0.1, 0.15) is 36.5 Å². The minimum atomic E-state index is -0.429. The van der Waals surface area contributed by atoms with Crippen molar-refractivity contribution in [2.75, 3.05) is 29.9 Å². The Hall–Kier alpha value is -1.84. The molecule has 2 heterocycles. The number of benzene rings is 1. The quantitative estimate of drug-likeness (QED) is 0.737. The SMILES string of the molecule is CC1CCCN(c2ccc3c(c2)N(C)C(=O)C3=O)CC1. The van der Waals surface area contributed by atoms with Crippen molar-refractivity contribution in [1.82, 2.24) is 0 Å². The van der Waals surface area contributed by atoms with Gasteiger partial charge in [-0.05, 0) is 43.4 Å². The maximum absolute atomic E-state index is 11.8. The number of ketones is 1. The van der Waals surface area contributed by atoms with Crippen molar-refractivity contribution in [2.45, 2.75) is 26.2 Å². The van der Waals surface area contributed by atoms with Crippen LogP contribution in [-0.4, -0.2) is 31.8 Å². The van der Waals surface area contributed by atoms with E-state index in [2.05, 4.69) is 11.8 Å². The second-order valence-corrected chi connectivity index (χ2v) is 5.92. The Morgan fingerprint density at radius 2 is 1.95 bits per heavy atom. The van der Waals surface area contributed by atoms with Gasteiger partial charge in [0.05, 0.1) is 11.3 Å². The summed E-state index contributed by atoms with van der Waals surface area (Å²) in [6.07, 6.45) is 3.68. The van der Waals surface area contributed by atoms with E-state index in [1.165, 1.54) is 24.2 Å². The lowest BCUT2D eigenvalue weighted by Crippen LogP contribution is -2.25. The number of hydrogen-bond donors (Lipinski definition) is 0. The summed E-state index contributed by atoms with van der Waals surface area (Å²) in [4.78, 5) is 27.3. The van der Waals surface area contributed by atoms with Gasteiger partial charge in [-0.25, -0.2) is 0 Å². The van der Waals surface area contributed by atoms with Crippen molar-refractivity contribution in [3.63, 3.8) is 0 Å². The predicted octanol–water partition coefficient (Wildman–Crippen LogP) is 2.47. The summed E-state index contributed by atoms with van der Waals surface area (Å²) in [5.74, 6) is -0.0413. The number of rotatable bonds is 1. The molecule has 1 aromatic rings. The van der Waals surface area contributed by atoms with Gasteiger partial charge in [0, 0.05) is 25.8 Å². The highest BCUT2D eigenvalue weighted by Gasteiger charge is 2.33. The van der Waals surface area contributed by atoms with Gasteiger partial charge in [0.15, 0.2) is 0 Å². The zero-order chi connectivity index (χ0) is 14.3. The zero-order valence-corrected chi connectivity index (χ0v) is 12.1. The fraction of sp³-hybridized carbons (Fsp3) is 0.500. The van der Waals surface area contributed by atoms with Crippen LogP contribution in [0.4, 0.5) is 11.4 Å². The molecule has 1 aromatic carbocycles. The van der Waals surface area contributed by atoms with Crippen LogP contribution in [0.2, 0.25) is 0 Å². The molecule has 1 amide bonds. The van der Waals surface area contributed by atoms with Gasteiger partial charge in [-0.15, -0.1) is 0 Å². The third kappa shape index (κ3) is 2.09. The first-order valence-electron chi connectivity index (χ1n) is 7.29. The summed E-state index contributed by atoms with van der Waals surface area (Å²) in [7, 11) is 1.67. The topological polar surface area (TPSA) is 40.6 Å². The number of likely N-dealkylation sites (N-methyl/N-ethyl adjacent to an activating group) is 1. The van der Waals surface area contributed by atoms with Gasteiger partial charge in [0.1, 0.15) is 0 Å². The van der Waals surface area contributed by atoms with Gasteiger partial charge >= 0.3 is 0 Å². The molecule has 0 aliphatic carbocycles.